The summed E-state index contributed by atoms with van der Waals surface area (Å²) in [4.78, 5) is 44.7. The van der Waals surface area contributed by atoms with Gasteiger partial charge in [-0.15, -0.1) is 0 Å². The molecule has 6 aromatic rings. The summed E-state index contributed by atoms with van der Waals surface area (Å²) in [6.45, 7) is 0.909. The van der Waals surface area contributed by atoms with Crippen LogP contribution in [-0.4, -0.2) is 67.7 Å². The first-order valence-electron chi connectivity index (χ1n) is 23.9. The number of fused-ring (bicyclic) bond motifs is 6. The predicted molar refractivity (Wildman–Crippen MR) is 257 cm³/mol. The molecule has 0 saturated carbocycles. The second kappa shape index (κ2) is 19.9. The number of halogens is 6. The summed E-state index contributed by atoms with van der Waals surface area (Å²) in [5.41, 5.74) is 4.95. The van der Waals surface area contributed by atoms with Crippen LogP contribution in [0.25, 0.3) is 33.4 Å². The van der Waals surface area contributed by atoms with Gasteiger partial charge in [0, 0.05) is 24.7 Å². The Morgan fingerprint density at radius 3 is 1.57 bits per heavy atom. The van der Waals surface area contributed by atoms with Gasteiger partial charge in [0.15, 0.2) is 0 Å². The number of amides is 2. The zero-order valence-electron chi connectivity index (χ0n) is 38.5. The zero-order chi connectivity index (χ0) is 49.1. The molecule has 9 rings (SSSR count). The number of esters is 1. The first-order chi connectivity index (χ1) is 33.7. The van der Waals surface area contributed by atoms with Crippen molar-refractivity contribution in [3.63, 3.8) is 0 Å². The molecule has 2 amide bonds. The van der Waals surface area contributed by atoms with Gasteiger partial charge in [0.05, 0.1) is 12.2 Å². The Labute approximate surface area is 403 Å². The third kappa shape index (κ3) is 9.47. The van der Waals surface area contributed by atoms with Crippen LogP contribution in [0.1, 0.15) is 89.5 Å². The van der Waals surface area contributed by atoms with Crippen molar-refractivity contribution in [2.45, 2.75) is 80.6 Å². The minimum atomic E-state index is -4.59. The topological polar surface area (TPSA) is 87.7 Å². The van der Waals surface area contributed by atoms with Crippen LogP contribution in [0.2, 0.25) is 0 Å². The fourth-order valence-corrected chi connectivity index (χ4v) is 11.0. The van der Waals surface area contributed by atoms with E-state index in [0.29, 0.717) is 53.5 Å². The highest BCUT2D eigenvalue weighted by Crippen LogP contribution is 2.53. The standard InChI is InChI=1S/C57H53F6N3O4/c58-56(59,60)37-64-52(68)54(47-21-7-3-16-42(47)43-17-4-8-22-48(43)54)31-12-14-36-70-53(69)55(49-23-9-5-18-44(49)45-19-6-10-24-50(45)55)32-11-13-33-66-34-29-40(30-35-66)65-51(67)46-20-2-1-15-41(46)38-25-27-39(28-26-38)57(61,62)63/h1-10,15-28,40H,11-14,29-37H2,(H,64,68)(H,65,67). The highest BCUT2D eigenvalue weighted by atomic mass is 19.4. The largest absolute Gasteiger partial charge is 0.465 e. The summed E-state index contributed by atoms with van der Waals surface area (Å²) in [5, 5.41) is 5.34. The number of hydrogen-bond acceptors (Lipinski definition) is 5. The van der Waals surface area contributed by atoms with E-state index in [9.17, 15) is 40.7 Å². The lowest BCUT2D eigenvalue weighted by Gasteiger charge is -2.33. The summed E-state index contributed by atoms with van der Waals surface area (Å²) in [7, 11) is 0. The number of nitrogens with zero attached hydrogens (tertiary/aromatic N) is 1. The molecule has 0 atom stereocenters. The average molecular weight is 958 g/mol. The molecule has 70 heavy (non-hydrogen) atoms. The zero-order valence-corrected chi connectivity index (χ0v) is 38.5. The average Bonchev–Trinajstić information content (AvgIpc) is 3.82. The van der Waals surface area contributed by atoms with Crippen LogP contribution in [0.15, 0.2) is 146 Å². The van der Waals surface area contributed by atoms with Crippen LogP contribution in [-0.2, 0) is 31.3 Å². The maximum absolute atomic E-state index is 14.8. The number of hydrogen-bond donors (Lipinski definition) is 2. The van der Waals surface area contributed by atoms with Crippen LogP contribution in [0.4, 0.5) is 26.3 Å². The highest BCUT2D eigenvalue weighted by molar-refractivity contribution is 6.02. The van der Waals surface area contributed by atoms with E-state index in [1.807, 2.05) is 84.9 Å². The molecular formula is C57H53F6N3O4. The Hall–Kier alpha value is -6.73. The number of carbonyl (C=O) groups excluding carboxylic acids is 3. The van der Waals surface area contributed by atoms with Crippen molar-refractivity contribution in [2.75, 3.05) is 32.8 Å². The van der Waals surface area contributed by atoms with Gasteiger partial charge in [-0.05, 0) is 125 Å². The molecule has 2 N–H and O–H groups in total. The number of benzene rings is 6. The highest BCUT2D eigenvalue weighted by Gasteiger charge is 2.51. The monoisotopic (exact) mass is 957 g/mol. The lowest BCUT2D eigenvalue weighted by molar-refractivity contribution is -0.149. The number of carbonyl (C=O) groups is 3. The maximum Gasteiger partial charge on any atom is 0.416 e. The van der Waals surface area contributed by atoms with E-state index in [1.165, 1.54) is 12.1 Å². The summed E-state index contributed by atoms with van der Waals surface area (Å²) in [5.74, 6) is -1.35. The molecule has 1 heterocycles. The first kappa shape index (κ1) is 48.3. The summed E-state index contributed by atoms with van der Waals surface area (Å²) >= 11 is 0. The predicted octanol–water partition coefficient (Wildman–Crippen LogP) is 12.1. The van der Waals surface area contributed by atoms with E-state index < -0.39 is 41.2 Å². The van der Waals surface area contributed by atoms with Crippen molar-refractivity contribution in [1.29, 1.82) is 0 Å². The molecule has 1 saturated heterocycles. The summed E-state index contributed by atoms with van der Waals surface area (Å²) in [6.07, 6.45) is -4.59. The number of nitrogens with one attached hydrogen (secondary N) is 2. The Morgan fingerprint density at radius 1 is 0.571 bits per heavy atom. The van der Waals surface area contributed by atoms with Crippen LogP contribution in [0.3, 0.4) is 0 Å². The molecule has 1 aliphatic heterocycles. The molecule has 7 nitrogen and oxygen atoms in total. The number of piperidine rings is 1. The number of alkyl halides is 6. The van der Waals surface area contributed by atoms with Crippen LogP contribution in [0, 0.1) is 0 Å². The van der Waals surface area contributed by atoms with Crippen LogP contribution in [0.5, 0.6) is 0 Å². The molecule has 13 heteroatoms. The molecule has 0 spiro atoms. The second-order valence-electron chi connectivity index (χ2n) is 18.6. The van der Waals surface area contributed by atoms with Gasteiger partial charge < -0.3 is 20.3 Å². The molecule has 362 valence electrons. The van der Waals surface area contributed by atoms with Gasteiger partial charge in [-0.2, -0.15) is 26.3 Å². The molecule has 0 unspecified atom stereocenters. The van der Waals surface area contributed by atoms with Crippen molar-refractivity contribution >= 4 is 17.8 Å². The number of ether oxygens (including phenoxy) is 1. The van der Waals surface area contributed by atoms with Crippen molar-refractivity contribution in [3.8, 4) is 33.4 Å². The first-order valence-corrected chi connectivity index (χ1v) is 23.9. The smallest absolute Gasteiger partial charge is 0.416 e. The van der Waals surface area contributed by atoms with Gasteiger partial charge in [-0.1, -0.05) is 134 Å². The van der Waals surface area contributed by atoms with Gasteiger partial charge in [0.25, 0.3) is 5.91 Å². The van der Waals surface area contributed by atoms with E-state index in [4.69, 9.17) is 4.74 Å². The van der Waals surface area contributed by atoms with E-state index in [-0.39, 0.29) is 30.9 Å². The van der Waals surface area contributed by atoms with E-state index >= 15 is 0 Å². The summed E-state index contributed by atoms with van der Waals surface area (Å²) in [6, 6.07) is 42.2. The van der Waals surface area contributed by atoms with E-state index in [1.54, 1.807) is 36.4 Å². The fourth-order valence-electron chi connectivity index (χ4n) is 11.0. The minimum absolute atomic E-state index is 0.0561. The SMILES string of the molecule is O=C(NC1CCN(CCCCC2(C(=O)OCCCCC3(C(=O)NCC(F)(F)F)c4ccccc4-c4ccccc43)c3ccccc3-c3ccccc32)CC1)c1ccccc1-c1ccc(C(F)(F)F)cc1. The van der Waals surface area contributed by atoms with Crippen molar-refractivity contribution < 1.29 is 45.5 Å². The molecule has 0 bridgehead atoms. The van der Waals surface area contributed by atoms with Crippen molar-refractivity contribution in [1.82, 2.24) is 15.5 Å². The molecule has 0 aromatic heterocycles. The van der Waals surface area contributed by atoms with Gasteiger partial charge in [-0.25, -0.2) is 0 Å². The number of unbranched alkanes of at least 4 members (excludes halogenated alkanes) is 2. The third-order valence-corrected chi connectivity index (χ3v) is 14.4. The Bertz CT molecular complexity index is 2780. The third-order valence-electron chi connectivity index (χ3n) is 14.4. The quantitative estimate of drug-likeness (QED) is 0.0573. The molecule has 6 aromatic carbocycles. The Kier molecular flexibility index (Phi) is 13.8. The lowest BCUT2D eigenvalue weighted by Crippen LogP contribution is -2.47. The molecule has 0 radical (unpaired) electrons. The van der Waals surface area contributed by atoms with Crippen LogP contribution < -0.4 is 10.6 Å². The Morgan fingerprint density at radius 2 is 1.04 bits per heavy atom. The summed E-state index contributed by atoms with van der Waals surface area (Å²) < 4.78 is 86.2. The molecule has 1 fully saturated rings. The van der Waals surface area contributed by atoms with Crippen LogP contribution >= 0.6 is 0 Å². The van der Waals surface area contributed by atoms with Crippen molar-refractivity contribution in [2.24, 2.45) is 0 Å². The number of likely N-dealkylation sites (tertiary alicyclic amines) is 1. The van der Waals surface area contributed by atoms with Gasteiger partial charge in [0.2, 0.25) is 5.91 Å². The van der Waals surface area contributed by atoms with E-state index in [2.05, 4.69) is 15.5 Å². The molecular weight excluding hydrogens is 905 g/mol. The molecule has 2 aliphatic carbocycles. The van der Waals surface area contributed by atoms with Gasteiger partial charge in [-0.3, -0.25) is 14.4 Å². The maximum atomic E-state index is 14.8. The lowest BCUT2D eigenvalue weighted by atomic mass is 9.73. The second-order valence-corrected chi connectivity index (χ2v) is 18.6. The van der Waals surface area contributed by atoms with Crippen molar-refractivity contribution in [3.05, 3.63) is 179 Å². The minimum Gasteiger partial charge on any atom is -0.465 e. The van der Waals surface area contributed by atoms with Gasteiger partial charge in [0.1, 0.15) is 17.4 Å². The van der Waals surface area contributed by atoms with E-state index in [0.717, 1.165) is 84.4 Å². The van der Waals surface area contributed by atoms with Gasteiger partial charge >= 0.3 is 18.3 Å². The molecule has 3 aliphatic rings. The number of rotatable bonds is 16. The fraction of sp³-hybridized carbons (Fsp3) is 0.316. The Balaban J connectivity index is 0.829. The normalized spacial score (nSPS) is 15.9.